The van der Waals surface area contributed by atoms with Crippen LogP contribution < -0.4 is 20.7 Å². The third-order valence-electron chi connectivity index (χ3n) is 5.34. The fraction of sp³-hybridized carbons (Fsp3) is 0.348. The van der Waals surface area contributed by atoms with E-state index in [2.05, 4.69) is 35.4 Å². The van der Waals surface area contributed by atoms with E-state index in [0.29, 0.717) is 48.5 Å². The molecule has 0 unspecified atom stereocenters. The number of hydrogen-bond donors (Lipinski definition) is 3. The lowest BCUT2D eigenvalue weighted by Crippen LogP contribution is -2.35. The minimum Gasteiger partial charge on any atom is -0.494 e. The summed E-state index contributed by atoms with van der Waals surface area (Å²) in [7, 11) is 2.64. The van der Waals surface area contributed by atoms with Crippen LogP contribution in [0.25, 0.3) is 11.4 Å². The maximum atomic E-state index is 12.7. The molecule has 1 aliphatic heterocycles. The molecule has 3 heterocycles. The summed E-state index contributed by atoms with van der Waals surface area (Å²) in [6.45, 7) is 0.549. The van der Waals surface area contributed by atoms with Crippen LogP contribution >= 0.6 is 0 Å². The van der Waals surface area contributed by atoms with Crippen molar-refractivity contribution in [1.29, 1.82) is 0 Å². The van der Waals surface area contributed by atoms with E-state index in [0.717, 1.165) is 19.3 Å². The highest BCUT2D eigenvalue weighted by Crippen LogP contribution is 2.37. The van der Waals surface area contributed by atoms with Gasteiger partial charge in [0.15, 0.2) is 5.75 Å². The van der Waals surface area contributed by atoms with Gasteiger partial charge in [0.2, 0.25) is 11.7 Å². The minimum atomic E-state index is -2.73. The van der Waals surface area contributed by atoms with Gasteiger partial charge in [0.05, 0.1) is 56.5 Å². The molecule has 1 aromatic carbocycles. The molecule has 0 aliphatic carbocycles. The third-order valence-corrected chi connectivity index (χ3v) is 5.34. The third kappa shape index (κ3) is 5.70. The lowest BCUT2D eigenvalue weighted by atomic mass is 10.1. The summed E-state index contributed by atoms with van der Waals surface area (Å²) in [5.41, 5.74) is 0.943. The summed E-state index contributed by atoms with van der Waals surface area (Å²) < 4.78 is 43.2. The van der Waals surface area contributed by atoms with E-state index in [1.165, 1.54) is 20.3 Å². The maximum Gasteiger partial charge on any atom is 0.412 e. The van der Waals surface area contributed by atoms with Crippen molar-refractivity contribution in [2.75, 3.05) is 58.1 Å². The van der Waals surface area contributed by atoms with Gasteiger partial charge in [-0.25, -0.2) is 9.78 Å². The first-order valence-electron chi connectivity index (χ1n) is 12.4. The molecule has 0 bridgehead atoms. The van der Waals surface area contributed by atoms with Crippen molar-refractivity contribution in [3.8, 4) is 17.1 Å². The second-order valence-corrected chi connectivity index (χ2v) is 7.60. The van der Waals surface area contributed by atoms with Gasteiger partial charge < -0.3 is 29.4 Å². The smallest absolute Gasteiger partial charge is 0.412 e. The molecule has 0 atom stereocenters. The number of amides is 2. The van der Waals surface area contributed by atoms with Crippen molar-refractivity contribution in [2.24, 2.45) is 0 Å². The Kier molecular flexibility index (Phi) is 6.72. The summed E-state index contributed by atoms with van der Waals surface area (Å²) in [4.78, 5) is 35.1. The zero-order chi connectivity index (χ0) is 28.0. The highest BCUT2D eigenvalue weighted by Gasteiger charge is 2.21. The van der Waals surface area contributed by atoms with Crippen molar-refractivity contribution >= 4 is 29.2 Å². The lowest BCUT2D eigenvalue weighted by molar-refractivity contribution is 0.0297. The van der Waals surface area contributed by atoms with Crippen molar-refractivity contribution < 1.29 is 32.4 Å². The largest absolute Gasteiger partial charge is 0.494 e. The second kappa shape index (κ2) is 11.5. The minimum absolute atomic E-state index is 0.0517. The Bertz CT molecular complexity index is 1330. The monoisotopic (exact) mass is 500 g/mol. The number of aromatic nitrogens is 3. The molecule has 1 saturated heterocycles. The van der Waals surface area contributed by atoms with E-state index >= 15 is 0 Å². The van der Waals surface area contributed by atoms with Crippen LogP contribution in [0.15, 0.2) is 35.0 Å². The number of rotatable bonds is 8. The van der Waals surface area contributed by atoms with Crippen molar-refractivity contribution in [3.05, 3.63) is 41.9 Å². The predicted octanol–water partition coefficient (Wildman–Crippen LogP) is 2.25. The summed E-state index contributed by atoms with van der Waals surface area (Å²) in [6, 6.07) is 6.49. The van der Waals surface area contributed by atoms with Crippen LogP contribution in [0.5, 0.6) is 5.75 Å². The number of hydrogen-bond acceptors (Lipinski definition) is 11. The molecule has 3 aromatic rings. The Balaban J connectivity index is 1.65. The van der Waals surface area contributed by atoms with Gasteiger partial charge in [-0.05, 0) is 12.1 Å². The van der Waals surface area contributed by atoms with Gasteiger partial charge in [0, 0.05) is 36.4 Å². The van der Waals surface area contributed by atoms with E-state index in [1.54, 1.807) is 18.2 Å². The standard InChI is InChI=1S/C23H27N7O6/c1-24-22(31)15-12-25-18(27-23(32)34-3)11-17(15)26-16-6-4-5-14(20(16)33-2)21-28-19(36-29-21)13-30-7-9-35-10-8-30/h4-6,11-12H,7-10,13H2,1-3H3,(H,24,31)(H2,25,26,27,32)/i1D3. The number of morpholine rings is 1. The van der Waals surface area contributed by atoms with Crippen LogP contribution in [0.4, 0.5) is 22.0 Å². The number of para-hydroxylation sites is 1. The molecule has 1 aliphatic rings. The predicted molar refractivity (Wildman–Crippen MR) is 129 cm³/mol. The quantitative estimate of drug-likeness (QED) is 0.417. The van der Waals surface area contributed by atoms with Gasteiger partial charge in [0.1, 0.15) is 5.82 Å². The van der Waals surface area contributed by atoms with Crippen LogP contribution in [0, 0.1) is 0 Å². The van der Waals surface area contributed by atoms with Crippen LogP contribution in [-0.2, 0) is 16.0 Å². The van der Waals surface area contributed by atoms with Gasteiger partial charge in [-0.3, -0.25) is 15.0 Å². The van der Waals surface area contributed by atoms with Crippen LogP contribution in [0.3, 0.4) is 0 Å². The number of nitrogens with one attached hydrogen (secondary N) is 3. The Labute approximate surface area is 211 Å². The highest BCUT2D eigenvalue weighted by atomic mass is 16.5. The molecule has 36 heavy (non-hydrogen) atoms. The fourth-order valence-electron chi connectivity index (χ4n) is 3.59. The Morgan fingerprint density at radius 3 is 2.81 bits per heavy atom. The number of carbonyl (C=O) groups excluding carboxylic acids is 2. The number of nitrogens with zero attached hydrogens (tertiary/aromatic N) is 4. The average Bonchev–Trinajstić information content (AvgIpc) is 3.36. The van der Waals surface area contributed by atoms with Gasteiger partial charge in [-0.15, -0.1) is 0 Å². The molecule has 2 aromatic heterocycles. The van der Waals surface area contributed by atoms with Crippen LogP contribution in [0.1, 0.15) is 20.4 Å². The van der Waals surface area contributed by atoms with Gasteiger partial charge in [-0.2, -0.15) is 4.98 Å². The number of methoxy groups -OCH3 is 2. The van der Waals surface area contributed by atoms with Crippen LogP contribution in [0.2, 0.25) is 0 Å². The first-order valence-corrected chi connectivity index (χ1v) is 10.9. The number of carbonyl (C=O) groups is 2. The van der Waals surface area contributed by atoms with E-state index < -0.39 is 19.0 Å². The molecule has 13 heteroatoms. The first-order chi connectivity index (χ1) is 18.7. The van der Waals surface area contributed by atoms with Crippen LogP contribution in [-0.4, -0.2) is 79.5 Å². The molecule has 0 radical (unpaired) electrons. The SMILES string of the molecule is [2H]C([2H])([2H])NC(=O)c1cnc(NC(=O)OC)cc1Nc1cccc(-c2noc(CN3CCOCC3)n2)c1OC. The summed E-state index contributed by atoms with van der Waals surface area (Å²) in [5, 5.41) is 11.5. The zero-order valence-corrected chi connectivity index (χ0v) is 19.7. The summed E-state index contributed by atoms with van der Waals surface area (Å²) in [5.74, 6) is 0.203. The number of pyridine rings is 1. The van der Waals surface area contributed by atoms with Gasteiger partial charge in [0.25, 0.3) is 5.91 Å². The number of anilines is 3. The van der Waals surface area contributed by atoms with Gasteiger partial charge in [-0.1, -0.05) is 11.2 Å². The molecule has 1 fully saturated rings. The number of benzene rings is 1. The average molecular weight is 501 g/mol. The molecule has 3 N–H and O–H groups in total. The second-order valence-electron chi connectivity index (χ2n) is 7.60. The van der Waals surface area contributed by atoms with E-state index in [4.69, 9.17) is 18.1 Å². The molecule has 0 saturated carbocycles. The normalized spacial score (nSPS) is 15.2. The maximum absolute atomic E-state index is 12.7. The topological polar surface area (TPSA) is 153 Å². The van der Waals surface area contributed by atoms with Crippen molar-refractivity contribution in [3.63, 3.8) is 0 Å². The molecule has 2 amide bonds. The van der Waals surface area contributed by atoms with Crippen molar-refractivity contribution in [1.82, 2.24) is 25.3 Å². The molecule has 0 spiro atoms. The van der Waals surface area contributed by atoms with E-state index in [9.17, 15) is 9.59 Å². The van der Waals surface area contributed by atoms with Gasteiger partial charge >= 0.3 is 6.09 Å². The summed E-state index contributed by atoms with van der Waals surface area (Å²) in [6.07, 6.45) is 0.347. The van der Waals surface area contributed by atoms with E-state index in [-0.39, 0.29) is 17.1 Å². The Hall–Kier alpha value is -4.23. The molecular formula is C23H27N7O6. The number of ether oxygens (including phenoxy) is 3. The lowest BCUT2D eigenvalue weighted by Gasteiger charge is -2.24. The summed E-state index contributed by atoms with van der Waals surface area (Å²) >= 11 is 0. The van der Waals surface area contributed by atoms with E-state index in [1.807, 2.05) is 5.32 Å². The Morgan fingerprint density at radius 1 is 1.22 bits per heavy atom. The molecule has 13 nitrogen and oxygen atoms in total. The molecular weight excluding hydrogens is 470 g/mol. The molecule has 4 rings (SSSR count). The fourth-order valence-corrected chi connectivity index (χ4v) is 3.59. The first kappa shape index (κ1) is 21.1. The Morgan fingerprint density at radius 2 is 2.06 bits per heavy atom. The zero-order valence-electron chi connectivity index (χ0n) is 22.7. The van der Waals surface area contributed by atoms with Crippen molar-refractivity contribution in [2.45, 2.75) is 6.54 Å². The highest BCUT2D eigenvalue weighted by molar-refractivity contribution is 6.01. The molecule has 190 valence electrons.